The van der Waals surface area contributed by atoms with Gasteiger partial charge in [0.15, 0.2) is 0 Å². The third kappa shape index (κ3) is 3.53. The molecule has 1 N–H and O–H groups in total. The maximum absolute atomic E-state index is 3.69. The molecule has 0 bridgehead atoms. The molecule has 110 valence electrons. The third-order valence-electron chi connectivity index (χ3n) is 3.97. The molecule has 0 aromatic heterocycles. The van der Waals surface area contributed by atoms with Crippen LogP contribution in [0.1, 0.15) is 30.5 Å². The summed E-state index contributed by atoms with van der Waals surface area (Å²) in [6, 6.07) is 18.0. The van der Waals surface area contributed by atoms with Crippen LogP contribution in [0.4, 0.5) is 0 Å². The van der Waals surface area contributed by atoms with Crippen molar-refractivity contribution >= 4 is 27.7 Å². The molecule has 0 spiro atoms. The first-order valence-corrected chi connectivity index (χ1v) is 9.18. The van der Waals surface area contributed by atoms with E-state index in [0.29, 0.717) is 11.3 Å². The van der Waals surface area contributed by atoms with Crippen LogP contribution in [0.15, 0.2) is 57.9 Å². The van der Waals surface area contributed by atoms with Crippen LogP contribution in [-0.2, 0) is 6.42 Å². The zero-order valence-electron chi connectivity index (χ0n) is 12.2. The Morgan fingerprint density at radius 3 is 2.86 bits per heavy atom. The number of thioether (sulfide) groups is 1. The topological polar surface area (TPSA) is 12.0 Å². The smallest absolute Gasteiger partial charge is 0.0446 e. The molecule has 0 fully saturated rings. The molecule has 1 aliphatic carbocycles. The van der Waals surface area contributed by atoms with Gasteiger partial charge in [0.25, 0.3) is 0 Å². The Bertz CT molecular complexity index is 614. The molecule has 0 radical (unpaired) electrons. The Kier molecular flexibility index (Phi) is 5.04. The van der Waals surface area contributed by atoms with E-state index < -0.39 is 0 Å². The number of nitrogens with one attached hydrogen (secondary N) is 1. The van der Waals surface area contributed by atoms with E-state index in [-0.39, 0.29) is 0 Å². The number of benzene rings is 2. The van der Waals surface area contributed by atoms with Gasteiger partial charge in [-0.2, -0.15) is 0 Å². The van der Waals surface area contributed by atoms with E-state index >= 15 is 0 Å². The lowest BCUT2D eigenvalue weighted by Gasteiger charge is -2.34. The fourth-order valence-corrected chi connectivity index (χ4v) is 4.90. The molecular weight excluding hydrogens is 342 g/mol. The zero-order valence-corrected chi connectivity index (χ0v) is 14.6. The second-order valence-electron chi connectivity index (χ2n) is 5.39. The monoisotopic (exact) mass is 361 g/mol. The molecule has 2 unspecified atom stereocenters. The average Bonchev–Trinajstić information content (AvgIpc) is 2.50. The highest BCUT2D eigenvalue weighted by Gasteiger charge is 2.29. The van der Waals surface area contributed by atoms with Crippen LogP contribution in [0.3, 0.4) is 0 Å². The summed E-state index contributed by atoms with van der Waals surface area (Å²) in [5.41, 5.74) is 2.99. The van der Waals surface area contributed by atoms with E-state index in [9.17, 15) is 0 Å². The number of fused-ring (bicyclic) bond motifs is 1. The fraction of sp³-hybridized carbons (Fsp3) is 0.333. The van der Waals surface area contributed by atoms with Gasteiger partial charge >= 0.3 is 0 Å². The molecule has 1 aliphatic rings. The Labute approximate surface area is 139 Å². The van der Waals surface area contributed by atoms with Crippen LogP contribution in [0.5, 0.6) is 0 Å². The van der Waals surface area contributed by atoms with Gasteiger partial charge in [0.05, 0.1) is 0 Å². The number of hydrogen-bond donors (Lipinski definition) is 1. The summed E-state index contributed by atoms with van der Waals surface area (Å²) >= 11 is 5.57. The quantitative estimate of drug-likeness (QED) is 0.802. The minimum absolute atomic E-state index is 0.448. The molecule has 0 amide bonds. The van der Waals surface area contributed by atoms with Crippen molar-refractivity contribution in [2.24, 2.45) is 0 Å². The third-order valence-corrected chi connectivity index (χ3v) is 5.80. The summed E-state index contributed by atoms with van der Waals surface area (Å²) in [5.74, 6) is 0. The Balaban J connectivity index is 1.85. The zero-order chi connectivity index (χ0) is 14.7. The highest BCUT2D eigenvalue weighted by molar-refractivity contribution is 9.10. The van der Waals surface area contributed by atoms with E-state index in [1.807, 2.05) is 11.8 Å². The second kappa shape index (κ2) is 6.99. The standard InChI is InChI=1S/C18H20BrNS/c1-2-20-18-16-9-4-3-6-13(16)10-11-17(18)21-15-8-5-7-14(19)12-15/h3-9,12,17-18,20H,2,10-11H2,1H3. The van der Waals surface area contributed by atoms with E-state index in [0.717, 1.165) is 11.0 Å². The highest BCUT2D eigenvalue weighted by atomic mass is 79.9. The molecule has 1 nitrogen and oxygen atoms in total. The molecule has 21 heavy (non-hydrogen) atoms. The summed E-state index contributed by atoms with van der Waals surface area (Å²) in [4.78, 5) is 1.34. The van der Waals surface area contributed by atoms with Crippen molar-refractivity contribution in [2.45, 2.75) is 36.0 Å². The fourth-order valence-electron chi connectivity index (χ4n) is 3.03. The normalized spacial score (nSPS) is 21.0. The number of halogens is 1. The van der Waals surface area contributed by atoms with E-state index in [1.54, 1.807) is 0 Å². The molecule has 3 heteroatoms. The predicted molar refractivity (Wildman–Crippen MR) is 95.0 cm³/mol. The van der Waals surface area contributed by atoms with Crippen LogP contribution in [-0.4, -0.2) is 11.8 Å². The van der Waals surface area contributed by atoms with Gasteiger partial charge in [-0.05, 0) is 48.7 Å². The first-order valence-electron chi connectivity index (χ1n) is 7.51. The van der Waals surface area contributed by atoms with Gasteiger partial charge in [0.1, 0.15) is 0 Å². The van der Waals surface area contributed by atoms with Crippen molar-refractivity contribution in [1.29, 1.82) is 0 Å². The van der Waals surface area contributed by atoms with Crippen LogP contribution in [0.25, 0.3) is 0 Å². The van der Waals surface area contributed by atoms with Crippen LogP contribution >= 0.6 is 27.7 Å². The summed E-state index contributed by atoms with van der Waals surface area (Å²) in [7, 11) is 0. The molecule has 2 aromatic carbocycles. The minimum atomic E-state index is 0.448. The van der Waals surface area contributed by atoms with Crippen molar-refractivity contribution in [1.82, 2.24) is 5.32 Å². The van der Waals surface area contributed by atoms with E-state index in [2.05, 4.69) is 76.7 Å². The van der Waals surface area contributed by atoms with Crippen LogP contribution in [0.2, 0.25) is 0 Å². The lowest BCUT2D eigenvalue weighted by molar-refractivity contribution is 0.484. The van der Waals surface area contributed by atoms with Crippen molar-refractivity contribution < 1.29 is 0 Å². The van der Waals surface area contributed by atoms with E-state index in [1.165, 1.54) is 28.9 Å². The van der Waals surface area contributed by atoms with Gasteiger partial charge in [0.2, 0.25) is 0 Å². The lowest BCUT2D eigenvalue weighted by atomic mass is 9.87. The Hall–Kier alpha value is -0.770. The Morgan fingerprint density at radius 1 is 1.19 bits per heavy atom. The Morgan fingerprint density at radius 2 is 2.05 bits per heavy atom. The SMILES string of the molecule is CCNC1c2ccccc2CCC1Sc1cccc(Br)c1. The van der Waals surface area contributed by atoms with Crippen LogP contribution in [0, 0.1) is 0 Å². The lowest BCUT2D eigenvalue weighted by Crippen LogP contribution is -2.34. The molecule has 3 rings (SSSR count). The van der Waals surface area contributed by atoms with Gasteiger partial charge in [-0.1, -0.05) is 53.2 Å². The molecule has 0 heterocycles. The highest BCUT2D eigenvalue weighted by Crippen LogP contribution is 2.40. The largest absolute Gasteiger partial charge is 0.309 e. The molecule has 0 saturated carbocycles. The van der Waals surface area contributed by atoms with Gasteiger partial charge < -0.3 is 5.32 Å². The van der Waals surface area contributed by atoms with Crippen molar-refractivity contribution in [3.8, 4) is 0 Å². The number of rotatable bonds is 4. The van der Waals surface area contributed by atoms with Gasteiger partial charge in [-0.15, -0.1) is 11.8 Å². The molecule has 0 aliphatic heterocycles. The van der Waals surface area contributed by atoms with E-state index in [4.69, 9.17) is 0 Å². The van der Waals surface area contributed by atoms with Crippen molar-refractivity contribution in [3.63, 3.8) is 0 Å². The first kappa shape index (κ1) is 15.1. The second-order valence-corrected chi connectivity index (χ2v) is 7.61. The molecule has 0 saturated heterocycles. The predicted octanol–water partition coefficient (Wildman–Crippen LogP) is 5.21. The molecular formula is C18H20BrNS. The summed E-state index contributed by atoms with van der Waals surface area (Å²) in [6.07, 6.45) is 2.41. The van der Waals surface area contributed by atoms with Gasteiger partial charge in [0, 0.05) is 20.7 Å². The summed E-state index contributed by atoms with van der Waals surface area (Å²) in [5, 5.41) is 4.28. The average molecular weight is 362 g/mol. The number of hydrogen-bond acceptors (Lipinski definition) is 2. The van der Waals surface area contributed by atoms with Gasteiger partial charge in [-0.25, -0.2) is 0 Å². The summed E-state index contributed by atoms with van der Waals surface area (Å²) in [6.45, 7) is 3.20. The summed E-state index contributed by atoms with van der Waals surface area (Å²) < 4.78 is 1.16. The molecule has 2 atom stereocenters. The van der Waals surface area contributed by atoms with Crippen LogP contribution < -0.4 is 5.32 Å². The first-order chi connectivity index (χ1) is 10.3. The van der Waals surface area contributed by atoms with Gasteiger partial charge in [-0.3, -0.25) is 0 Å². The maximum atomic E-state index is 3.69. The van der Waals surface area contributed by atoms with Crippen molar-refractivity contribution in [2.75, 3.05) is 6.54 Å². The maximum Gasteiger partial charge on any atom is 0.0446 e. The molecule has 2 aromatic rings. The van der Waals surface area contributed by atoms with Crippen molar-refractivity contribution in [3.05, 3.63) is 64.1 Å². The minimum Gasteiger partial charge on any atom is -0.309 e. The number of aryl methyl sites for hydroxylation is 1.